The number of nitrogens with two attached hydrogens (primary N) is 1. The predicted molar refractivity (Wildman–Crippen MR) is 357 cm³/mol. The fourth-order valence-electron chi connectivity index (χ4n) is 11.6. The lowest BCUT2D eigenvalue weighted by atomic mass is 9.81. The second-order valence-electron chi connectivity index (χ2n) is 24.3. The molecular formula is C68H83FN14O18. The standard InChI is InChI=1S/C68H83FN14O18/c1-6-68(93)48-30-53-60-46(33-83(53)64(89)47(48)35-100-65(68)90)58-50(18-17-45-39(4)49(69)31-52(76-60)57(45)58)75-56(86)36-98-37-73-55(85)32-72-67(92)101-34-41-9-13-43(14-10-41)74-62(87)51(8-7-20-71-66(70)91)77-63(88)59(38(2)3)78-54(84)19-21-94-22-23-95-24-25-96-26-27-97-28-29-99-44-15-11-42(12-16-44)61-81-79-40(5)80-82-61/h9-16,30-31,38,50-51,59,93H,6-8,17-29,32-37H2,1-5H3,(H,72,92)(H,73,85)(H,74,87)(H,75,86)(H,77,88)(H,78,84)(H3,70,71,91)/t50-,51-,59-,68-/m0/s1. The summed E-state index contributed by atoms with van der Waals surface area (Å²) in [6, 6.07) is 12.8. The first kappa shape index (κ1) is 75.0. The first-order valence-electron chi connectivity index (χ1n) is 33.1. The van der Waals surface area contributed by atoms with Crippen LogP contribution in [-0.2, 0) is 93.7 Å². The summed E-state index contributed by atoms with van der Waals surface area (Å²) in [5, 5.41) is 46.4. The quantitative estimate of drug-likeness (QED) is 0.0154. The van der Waals surface area contributed by atoms with Crippen molar-refractivity contribution in [3.8, 4) is 28.5 Å². The number of anilines is 1. The highest BCUT2D eigenvalue weighted by Crippen LogP contribution is 2.46. The van der Waals surface area contributed by atoms with Crippen LogP contribution in [0.4, 0.5) is 19.7 Å². The zero-order valence-electron chi connectivity index (χ0n) is 56.7. The summed E-state index contributed by atoms with van der Waals surface area (Å²) in [6.07, 6.45) is 0.0568. The molecule has 6 aromatic rings. The molecule has 0 spiro atoms. The number of hydrogen-bond donors (Lipinski definition) is 9. The van der Waals surface area contributed by atoms with Crippen molar-refractivity contribution in [2.24, 2.45) is 11.7 Å². The molecule has 1 aliphatic carbocycles. The van der Waals surface area contributed by atoms with E-state index in [2.05, 4.69) is 57.6 Å². The number of cyclic esters (lactones) is 1. The Morgan fingerprint density at radius 2 is 1.47 bits per heavy atom. The predicted octanol–water partition coefficient (Wildman–Crippen LogP) is 2.75. The molecule has 2 aliphatic heterocycles. The molecule has 0 saturated heterocycles. The minimum absolute atomic E-state index is 0.0498. The van der Waals surface area contributed by atoms with Gasteiger partial charge in [-0.25, -0.2) is 23.8 Å². The van der Waals surface area contributed by atoms with Crippen molar-refractivity contribution in [1.82, 2.24) is 61.8 Å². The van der Waals surface area contributed by atoms with Crippen molar-refractivity contribution in [1.29, 1.82) is 0 Å². The number of carbonyl (C=O) groups excluding carboxylic acids is 8. The van der Waals surface area contributed by atoms with Gasteiger partial charge in [0.2, 0.25) is 35.4 Å². The highest BCUT2D eigenvalue weighted by atomic mass is 19.1. The van der Waals surface area contributed by atoms with Crippen LogP contribution in [0.1, 0.15) is 104 Å². The number of primary amides is 1. The Bertz CT molecular complexity index is 4030. The van der Waals surface area contributed by atoms with Gasteiger partial charge in [0.05, 0.1) is 87.9 Å². The molecule has 101 heavy (non-hydrogen) atoms. The van der Waals surface area contributed by atoms with Gasteiger partial charge in [-0.1, -0.05) is 32.9 Å². The van der Waals surface area contributed by atoms with Gasteiger partial charge in [-0.3, -0.25) is 28.8 Å². The van der Waals surface area contributed by atoms with Crippen molar-refractivity contribution in [2.75, 3.05) is 91.2 Å². The zero-order chi connectivity index (χ0) is 72.2. The average Bonchev–Trinajstić information content (AvgIpc) is 1.60. The van der Waals surface area contributed by atoms with E-state index in [1.54, 1.807) is 77.1 Å². The van der Waals surface area contributed by atoms with Gasteiger partial charge in [0.15, 0.2) is 11.4 Å². The van der Waals surface area contributed by atoms with Gasteiger partial charge in [-0.2, -0.15) is 0 Å². The Labute approximate surface area is 579 Å². The molecular weight excluding hydrogens is 1320 g/mol. The Morgan fingerprint density at radius 3 is 2.14 bits per heavy atom. The van der Waals surface area contributed by atoms with Gasteiger partial charge in [0.1, 0.15) is 63.4 Å². The number of esters is 1. The number of nitrogens with one attached hydrogen (secondary N) is 7. The van der Waals surface area contributed by atoms with Crippen LogP contribution in [0.2, 0.25) is 0 Å². The van der Waals surface area contributed by atoms with E-state index in [1.807, 2.05) is 12.1 Å². The monoisotopic (exact) mass is 1400 g/mol. The maximum atomic E-state index is 15.4. The number of aliphatic hydroxyl groups is 1. The van der Waals surface area contributed by atoms with Gasteiger partial charge in [0.25, 0.3) is 5.56 Å². The summed E-state index contributed by atoms with van der Waals surface area (Å²) < 4.78 is 60.8. The molecule has 0 unspecified atom stereocenters. The molecule has 8 amide bonds. The second kappa shape index (κ2) is 35.7. The largest absolute Gasteiger partial charge is 0.491 e. The summed E-state index contributed by atoms with van der Waals surface area (Å²) in [4.78, 5) is 122. The molecule has 0 fully saturated rings. The van der Waals surface area contributed by atoms with Gasteiger partial charge in [-0.05, 0) is 117 Å². The molecule has 4 atom stereocenters. The minimum Gasteiger partial charge on any atom is -0.491 e. The molecule has 0 saturated carbocycles. The highest BCUT2D eigenvalue weighted by Gasteiger charge is 2.46. The van der Waals surface area contributed by atoms with Crippen LogP contribution in [0.25, 0.3) is 33.7 Å². The fourth-order valence-corrected chi connectivity index (χ4v) is 11.6. The molecule has 3 aliphatic rings. The van der Waals surface area contributed by atoms with Crippen LogP contribution in [0, 0.1) is 25.6 Å². The number of aromatic nitrogens is 6. The molecule has 0 bridgehead atoms. The molecule has 3 aromatic heterocycles. The number of urea groups is 1. The SMILES string of the molecule is CC[C@@]1(O)C(=O)OCc2c1cc1n(c2=O)Cc2c-1nc1cc(F)c(C)c3c1c2[C@@H](NC(=O)COCNC(=O)CNC(=O)OCc1ccc(NC(=O)[C@H](CCCNC(N)=O)NC(=O)[C@@H](NC(=O)CCOCCOCCOCCOCCOc2ccc(-c4nnc(C)nn4)cc2)C(C)C)cc1)CC3. The van der Waals surface area contributed by atoms with Crippen LogP contribution in [0.3, 0.4) is 0 Å². The number of benzene rings is 3. The van der Waals surface area contributed by atoms with Crippen LogP contribution in [0.15, 0.2) is 65.5 Å². The summed E-state index contributed by atoms with van der Waals surface area (Å²) in [5.41, 5.74) is 7.98. The average molecular weight is 1400 g/mol. The maximum Gasteiger partial charge on any atom is 0.407 e. The van der Waals surface area contributed by atoms with E-state index in [9.17, 15) is 48.3 Å². The number of alkyl carbamates (subject to hydrolysis) is 1. The Hall–Kier alpha value is -10.2. The molecule has 540 valence electrons. The number of fused-ring (bicyclic) bond motifs is 5. The molecule has 0 radical (unpaired) electrons. The third-order valence-corrected chi connectivity index (χ3v) is 16.9. The summed E-state index contributed by atoms with van der Waals surface area (Å²) in [6.45, 7) is 9.32. The smallest absolute Gasteiger partial charge is 0.407 e. The topological polar surface area (TPSA) is 427 Å². The van der Waals surface area contributed by atoms with Crippen LogP contribution < -0.4 is 53.2 Å². The number of rotatable bonds is 37. The number of nitrogens with zero attached hydrogens (tertiary/aromatic N) is 6. The fraction of sp³-hybridized carbons (Fsp3) is 0.471. The lowest BCUT2D eigenvalue weighted by Gasteiger charge is -2.31. The Morgan fingerprint density at radius 1 is 0.782 bits per heavy atom. The lowest BCUT2D eigenvalue weighted by Crippen LogP contribution is -2.54. The normalized spacial score (nSPS) is 15.4. The van der Waals surface area contributed by atoms with Crippen molar-refractivity contribution in [3.05, 3.63) is 122 Å². The number of aryl methyl sites for hydroxylation is 2. The van der Waals surface area contributed by atoms with Crippen molar-refractivity contribution in [3.63, 3.8) is 0 Å². The van der Waals surface area contributed by atoms with E-state index in [0.717, 1.165) is 11.1 Å². The van der Waals surface area contributed by atoms with Crippen molar-refractivity contribution >= 4 is 64.2 Å². The summed E-state index contributed by atoms with van der Waals surface area (Å²) in [7, 11) is 0. The number of amides is 8. The molecule has 33 heteroatoms. The van der Waals surface area contributed by atoms with E-state index in [0.29, 0.717) is 120 Å². The molecule has 32 nitrogen and oxygen atoms in total. The number of pyridine rings is 2. The van der Waals surface area contributed by atoms with Crippen molar-refractivity contribution < 1.29 is 85.7 Å². The van der Waals surface area contributed by atoms with E-state index in [4.69, 9.17) is 48.6 Å². The number of ether oxygens (including phenoxy) is 8. The van der Waals surface area contributed by atoms with Gasteiger partial charge < -0.3 is 90.5 Å². The zero-order valence-corrected chi connectivity index (χ0v) is 56.7. The maximum absolute atomic E-state index is 15.4. The van der Waals surface area contributed by atoms with Gasteiger partial charge in [0, 0.05) is 46.8 Å². The minimum atomic E-state index is -2.06. The summed E-state index contributed by atoms with van der Waals surface area (Å²) in [5.74, 6) is -3.02. The van der Waals surface area contributed by atoms with E-state index in [-0.39, 0.29) is 88.9 Å². The van der Waals surface area contributed by atoms with E-state index >= 15 is 4.39 Å². The number of halogens is 1. The third kappa shape index (κ3) is 19.8. The van der Waals surface area contributed by atoms with Crippen LogP contribution >= 0.6 is 0 Å². The van der Waals surface area contributed by atoms with Crippen LogP contribution in [-0.4, -0.2) is 181 Å². The van der Waals surface area contributed by atoms with Gasteiger partial charge >= 0.3 is 18.1 Å². The van der Waals surface area contributed by atoms with E-state index < -0.39 is 103 Å². The number of hydrogen-bond acceptors (Lipinski definition) is 23. The molecule has 10 N–H and O–H groups in total. The van der Waals surface area contributed by atoms with E-state index in [1.165, 1.54) is 10.6 Å². The first-order chi connectivity index (χ1) is 48.6. The molecule has 3 aromatic carbocycles. The van der Waals surface area contributed by atoms with Crippen molar-refractivity contribution in [2.45, 2.75) is 117 Å². The number of carbonyl (C=O) groups is 8. The van der Waals surface area contributed by atoms with Gasteiger partial charge in [-0.15, -0.1) is 20.4 Å². The highest BCUT2D eigenvalue weighted by molar-refractivity contribution is 5.99. The Balaban J connectivity index is 0.639. The second-order valence-corrected chi connectivity index (χ2v) is 24.3. The van der Waals surface area contributed by atoms with Crippen LogP contribution in [0.5, 0.6) is 5.75 Å². The lowest BCUT2D eigenvalue weighted by molar-refractivity contribution is -0.172. The third-order valence-electron chi connectivity index (χ3n) is 16.9. The molecule has 9 rings (SSSR count). The first-order valence-corrected chi connectivity index (χ1v) is 33.1. The summed E-state index contributed by atoms with van der Waals surface area (Å²) >= 11 is 0. The Kier molecular flexibility index (Phi) is 26.5. The molecule has 5 heterocycles.